The number of hydrogen-bond acceptors (Lipinski definition) is 5. The summed E-state index contributed by atoms with van der Waals surface area (Å²) in [5.41, 5.74) is 6.33. The molecule has 2 aromatic rings. The van der Waals surface area contributed by atoms with Gasteiger partial charge in [0.05, 0.1) is 17.8 Å². The molecular formula is C8H7BrN4O2. The Labute approximate surface area is 93.2 Å². The van der Waals surface area contributed by atoms with Crippen molar-refractivity contribution in [3.63, 3.8) is 0 Å². The Kier molecular flexibility index (Phi) is 2.31. The lowest BCUT2D eigenvalue weighted by Gasteiger charge is -2.02. The number of anilines is 1. The maximum atomic E-state index is 11.3. The van der Waals surface area contributed by atoms with Crippen LogP contribution in [0, 0.1) is 0 Å². The number of aromatic nitrogens is 3. The summed E-state index contributed by atoms with van der Waals surface area (Å²) in [5.74, 6) is -0.205. The van der Waals surface area contributed by atoms with Gasteiger partial charge in [-0.3, -0.25) is 0 Å². The highest BCUT2D eigenvalue weighted by Gasteiger charge is 2.13. The first-order valence-electron chi connectivity index (χ1n) is 4.01. The molecule has 0 unspecified atom stereocenters. The second-order valence-corrected chi connectivity index (χ2v) is 3.64. The molecule has 0 aromatic carbocycles. The molecule has 2 heterocycles. The number of esters is 1. The van der Waals surface area contributed by atoms with Gasteiger partial charge in [0.1, 0.15) is 5.82 Å². The fraction of sp³-hybridized carbons (Fsp3) is 0.125. The standard InChI is InChI=1S/C8H7BrN4O2/c1-15-8(14)5-2-6(10)13-7(12-5)4(9)3-11-13/h2-3H,10H2,1H3. The van der Waals surface area contributed by atoms with Crippen LogP contribution in [0.3, 0.4) is 0 Å². The average molecular weight is 271 g/mol. The molecule has 78 valence electrons. The van der Waals surface area contributed by atoms with E-state index in [1.165, 1.54) is 17.7 Å². The van der Waals surface area contributed by atoms with Gasteiger partial charge in [-0.1, -0.05) is 0 Å². The summed E-state index contributed by atoms with van der Waals surface area (Å²) < 4.78 is 6.65. The topological polar surface area (TPSA) is 82.5 Å². The fourth-order valence-corrected chi connectivity index (χ4v) is 1.52. The number of fused-ring (bicyclic) bond motifs is 1. The third kappa shape index (κ3) is 1.54. The van der Waals surface area contributed by atoms with Crippen LogP contribution in [0.25, 0.3) is 5.65 Å². The molecule has 2 aromatic heterocycles. The molecule has 0 aliphatic rings. The van der Waals surface area contributed by atoms with Crippen molar-refractivity contribution in [2.24, 2.45) is 0 Å². The molecule has 2 N–H and O–H groups in total. The van der Waals surface area contributed by atoms with Gasteiger partial charge in [0.25, 0.3) is 0 Å². The Morgan fingerprint density at radius 2 is 2.40 bits per heavy atom. The summed E-state index contributed by atoms with van der Waals surface area (Å²) in [6, 6.07) is 1.41. The number of hydrogen-bond donors (Lipinski definition) is 1. The highest BCUT2D eigenvalue weighted by Crippen LogP contribution is 2.18. The molecule has 2 rings (SSSR count). The van der Waals surface area contributed by atoms with E-state index >= 15 is 0 Å². The van der Waals surface area contributed by atoms with Crippen LogP contribution < -0.4 is 5.73 Å². The molecule has 0 aliphatic heterocycles. The van der Waals surface area contributed by atoms with Gasteiger partial charge in [0.15, 0.2) is 11.3 Å². The van der Waals surface area contributed by atoms with E-state index in [-0.39, 0.29) is 5.69 Å². The maximum Gasteiger partial charge on any atom is 0.356 e. The van der Waals surface area contributed by atoms with Gasteiger partial charge in [-0.05, 0) is 15.9 Å². The van der Waals surface area contributed by atoms with E-state index in [0.717, 1.165) is 0 Å². The van der Waals surface area contributed by atoms with Crippen LogP contribution >= 0.6 is 15.9 Å². The minimum absolute atomic E-state index is 0.156. The lowest BCUT2D eigenvalue weighted by atomic mass is 10.4. The second kappa shape index (κ2) is 3.50. The highest BCUT2D eigenvalue weighted by atomic mass is 79.9. The smallest absolute Gasteiger partial charge is 0.356 e. The molecule has 6 nitrogen and oxygen atoms in total. The van der Waals surface area contributed by atoms with Gasteiger partial charge in [-0.15, -0.1) is 0 Å². The van der Waals surface area contributed by atoms with E-state index in [1.807, 2.05) is 0 Å². The van der Waals surface area contributed by atoms with Crippen LogP contribution in [-0.2, 0) is 4.74 Å². The van der Waals surface area contributed by atoms with Gasteiger partial charge < -0.3 is 10.5 Å². The monoisotopic (exact) mass is 270 g/mol. The lowest BCUT2D eigenvalue weighted by molar-refractivity contribution is 0.0594. The number of nitrogen functional groups attached to an aromatic ring is 1. The van der Waals surface area contributed by atoms with E-state index in [0.29, 0.717) is 15.9 Å². The first-order chi connectivity index (χ1) is 7.13. The molecule has 15 heavy (non-hydrogen) atoms. The predicted octanol–water partition coefficient (Wildman–Crippen LogP) is 0.861. The molecule has 0 radical (unpaired) electrons. The van der Waals surface area contributed by atoms with Crippen LogP contribution in [0.15, 0.2) is 16.7 Å². The van der Waals surface area contributed by atoms with Gasteiger partial charge in [-0.25, -0.2) is 9.78 Å². The molecule has 0 bridgehead atoms. The van der Waals surface area contributed by atoms with Gasteiger partial charge in [-0.2, -0.15) is 9.61 Å². The largest absolute Gasteiger partial charge is 0.464 e. The molecule has 0 fully saturated rings. The molecule has 7 heteroatoms. The average Bonchev–Trinajstić information content (AvgIpc) is 2.60. The number of nitrogens with zero attached hydrogens (tertiary/aromatic N) is 3. The fourth-order valence-electron chi connectivity index (χ4n) is 1.17. The Bertz CT molecular complexity index is 537. The predicted molar refractivity (Wildman–Crippen MR) is 56.4 cm³/mol. The zero-order chi connectivity index (χ0) is 11.0. The Morgan fingerprint density at radius 1 is 1.67 bits per heavy atom. The van der Waals surface area contributed by atoms with Gasteiger partial charge in [0, 0.05) is 6.07 Å². The van der Waals surface area contributed by atoms with Crippen molar-refractivity contribution in [1.82, 2.24) is 14.6 Å². The molecule has 0 amide bonds. The van der Waals surface area contributed by atoms with Crippen molar-refractivity contribution in [3.05, 3.63) is 22.4 Å². The Balaban J connectivity index is 2.70. The van der Waals surface area contributed by atoms with Gasteiger partial charge in [0.2, 0.25) is 0 Å². The SMILES string of the molecule is COC(=O)c1cc(N)n2ncc(Br)c2n1. The number of rotatable bonds is 1. The lowest BCUT2D eigenvalue weighted by Crippen LogP contribution is -2.09. The summed E-state index contributed by atoms with van der Waals surface area (Å²) >= 11 is 3.25. The molecule has 0 aliphatic carbocycles. The number of ether oxygens (including phenoxy) is 1. The molecule has 0 atom stereocenters. The zero-order valence-corrected chi connectivity index (χ0v) is 9.35. The number of methoxy groups -OCH3 is 1. The van der Waals surface area contributed by atoms with Crippen molar-refractivity contribution in [3.8, 4) is 0 Å². The second-order valence-electron chi connectivity index (χ2n) is 2.79. The molecule has 0 saturated carbocycles. The zero-order valence-electron chi connectivity index (χ0n) is 7.77. The van der Waals surface area contributed by atoms with Crippen molar-refractivity contribution >= 4 is 33.4 Å². The minimum Gasteiger partial charge on any atom is -0.464 e. The van der Waals surface area contributed by atoms with E-state index in [9.17, 15) is 4.79 Å². The van der Waals surface area contributed by atoms with Crippen molar-refractivity contribution in [2.45, 2.75) is 0 Å². The summed E-state index contributed by atoms with van der Waals surface area (Å²) in [7, 11) is 1.29. The Hall–Kier alpha value is -1.63. The van der Waals surface area contributed by atoms with Crippen molar-refractivity contribution < 1.29 is 9.53 Å². The minimum atomic E-state index is -0.530. The number of nitrogens with two attached hydrogens (primary N) is 1. The third-order valence-electron chi connectivity index (χ3n) is 1.85. The maximum absolute atomic E-state index is 11.3. The summed E-state index contributed by atoms with van der Waals surface area (Å²) in [4.78, 5) is 15.3. The normalized spacial score (nSPS) is 10.5. The first kappa shape index (κ1) is 9.91. The van der Waals surface area contributed by atoms with E-state index in [4.69, 9.17) is 5.73 Å². The quantitative estimate of drug-likeness (QED) is 0.778. The first-order valence-corrected chi connectivity index (χ1v) is 4.81. The summed E-state index contributed by atoms with van der Waals surface area (Å²) in [5, 5.41) is 3.97. The number of halogens is 1. The number of carbonyl (C=O) groups is 1. The highest BCUT2D eigenvalue weighted by molar-refractivity contribution is 9.10. The van der Waals surface area contributed by atoms with Crippen LogP contribution in [0.5, 0.6) is 0 Å². The van der Waals surface area contributed by atoms with Gasteiger partial charge >= 0.3 is 5.97 Å². The van der Waals surface area contributed by atoms with E-state index in [2.05, 4.69) is 30.7 Å². The van der Waals surface area contributed by atoms with Crippen LogP contribution in [-0.4, -0.2) is 27.7 Å². The van der Waals surface area contributed by atoms with Crippen molar-refractivity contribution in [1.29, 1.82) is 0 Å². The van der Waals surface area contributed by atoms with Crippen LogP contribution in [0.2, 0.25) is 0 Å². The summed E-state index contributed by atoms with van der Waals surface area (Å²) in [6.45, 7) is 0. The molecule has 0 saturated heterocycles. The summed E-state index contributed by atoms with van der Waals surface area (Å²) in [6.07, 6.45) is 1.56. The van der Waals surface area contributed by atoms with Crippen LogP contribution in [0.4, 0.5) is 5.82 Å². The number of carbonyl (C=O) groups excluding carboxylic acids is 1. The Morgan fingerprint density at radius 3 is 3.07 bits per heavy atom. The van der Waals surface area contributed by atoms with E-state index < -0.39 is 5.97 Å². The third-order valence-corrected chi connectivity index (χ3v) is 2.41. The van der Waals surface area contributed by atoms with Crippen LogP contribution in [0.1, 0.15) is 10.5 Å². The molecule has 0 spiro atoms. The molecular weight excluding hydrogens is 264 g/mol. The van der Waals surface area contributed by atoms with Crippen molar-refractivity contribution in [2.75, 3.05) is 12.8 Å². The van der Waals surface area contributed by atoms with E-state index in [1.54, 1.807) is 6.20 Å².